The van der Waals surface area contributed by atoms with Crippen LogP contribution in [0.3, 0.4) is 0 Å². The van der Waals surface area contributed by atoms with Crippen LogP contribution in [0.25, 0.3) is 0 Å². The van der Waals surface area contributed by atoms with Crippen LogP contribution in [0.15, 0.2) is 11.8 Å². The molecule has 16 nitrogen and oxygen atoms in total. The average Bonchev–Trinajstić information content (AvgIpc) is 3.24. The van der Waals surface area contributed by atoms with E-state index in [0.717, 1.165) is 0 Å². The van der Waals surface area contributed by atoms with E-state index in [1.165, 1.54) is 0 Å². The van der Waals surface area contributed by atoms with Crippen molar-refractivity contribution >= 4 is 0 Å². The molecular weight excluding hydrogens is 546 g/mol. The summed E-state index contributed by atoms with van der Waals surface area (Å²) < 4.78 is 35.6. The molecule has 1 saturated carbocycles. The molecule has 3 heterocycles. The minimum Gasteiger partial charge on any atom is -0.467 e. The summed E-state index contributed by atoms with van der Waals surface area (Å²) in [5, 5.41) is 55.8. The van der Waals surface area contributed by atoms with Gasteiger partial charge in [-0.3, -0.25) is 0 Å². The Bertz CT molecular complexity index is 874. The van der Waals surface area contributed by atoms with Gasteiger partial charge in [0.1, 0.15) is 48.5 Å². The van der Waals surface area contributed by atoms with Gasteiger partial charge in [-0.05, 0) is 26.0 Å². The van der Waals surface area contributed by atoms with E-state index in [4.69, 9.17) is 51.4 Å². The summed E-state index contributed by atoms with van der Waals surface area (Å²) in [6, 6.07) is -1.94. The Labute approximate surface area is 238 Å². The van der Waals surface area contributed by atoms with Crippen molar-refractivity contribution in [2.45, 2.75) is 112 Å². The second-order valence-electron chi connectivity index (χ2n) is 11.3. The molecule has 4 rings (SSSR count). The van der Waals surface area contributed by atoms with E-state index in [0.29, 0.717) is 18.7 Å². The fourth-order valence-electron chi connectivity index (χ4n) is 5.70. The maximum Gasteiger partial charge on any atom is 0.215 e. The molecule has 2 saturated heterocycles. The third-order valence-corrected chi connectivity index (χ3v) is 8.24. The zero-order valence-corrected chi connectivity index (χ0v) is 23.3. The third kappa shape index (κ3) is 7.03. The predicted molar refractivity (Wildman–Crippen MR) is 141 cm³/mol. The highest BCUT2D eigenvalue weighted by Gasteiger charge is 2.53. The van der Waals surface area contributed by atoms with Crippen LogP contribution in [0.5, 0.6) is 0 Å². The normalized spacial score (nSPS) is 49.0. The van der Waals surface area contributed by atoms with Crippen LogP contribution in [0.1, 0.15) is 19.8 Å². The Morgan fingerprint density at radius 3 is 2.15 bits per heavy atom. The number of nitrogens with one attached hydrogen (secondary N) is 1. The van der Waals surface area contributed by atoms with E-state index >= 15 is 0 Å². The molecule has 16 atom stereocenters. The third-order valence-electron chi connectivity index (χ3n) is 8.24. The largest absolute Gasteiger partial charge is 0.467 e. The average molecular weight is 594 g/mol. The lowest BCUT2D eigenvalue weighted by Gasteiger charge is -2.45. The number of likely N-dealkylation sites (N-methyl/N-ethyl adjacent to an activating group) is 1. The SMILES string of the molecule is CNCC1=CC[C@@H](N)[C@@H](O[C@H]2[C@H](O[C@@H]3O[C@H](CO)[C@@H](O[C@H]4O[C@@H](CN)[C@@H](O)[C@H](O)[C@H]4C)[C@H]3O)[C@@H](O)[C@H](N)C[C@@H]2N)O1. The highest BCUT2D eigenvalue weighted by molar-refractivity contribution is 5.04. The molecule has 238 valence electrons. The van der Waals surface area contributed by atoms with Gasteiger partial charge >= 0.3 is 0 Å². The lowest BCUT2D eigenvalue weighted by molar-refractivity contribution is -0.296. The zero-order valence-electron chi connectivity index (χ0n) is 23.3. The van der Waals surface area contributed by atoms with Crippen LogP contribution in [0, 0.1) is 5.92 Å². The standard InChI is InChI=1S/C25H47N5O11/c1-9-16(32)18(34)14(6-26)37-23(9)40-21-15(8-31)38-25(19(21)35)41-22-17(33)12(28)5-13(29)20(22)39-24-11(27)4-3-10(36-24)7-30-2/h3,9,11-25,30-35H,4-8,26-29H2,1-2H3/t9-,11-,12-,13+,14+,15-,16-,17+,18-,19-,20-,21-,22-,23-,24-,25+/m1/s1. The van der Waals surface area contributed by atoms with E-state index in [1.807, 2.05) is 6.08 Å². The molecule has 14 N–H and O–H groups in total. The second-order valence-corrected chi connectivity index (χ2v) is 11.3. The molecular formula is C25H47N5O11. The van der Waals surface area contributed by atoms with Crippen LogP contribution < -0.4 is 28.3 Å². The Morgan fingerprint density at radius 1 is 0.829 bits per heavy atom. The molecule has 0 aromatic rings. The van der Waals surface area contributed by atoms with Crippen LogP contribution in [-0.4, -0.2) is 144 Å². The van der Waals surface area contributed by atoms with E-state index in [1.54, 1.807) is 14.0 Å². The van der Waals surface area contributed by atoms with Crippen LogP contribution >= 0.6 is 0 Å². The summed E-state index contributed by atoms with van der Waals surface area (Å²) in [7, 11) is 1.78. The summed E-state index contributed by atoms with van der Waals surface area (Å²) in [6.45, 7) is 1.44. The Kier molecular flexibility index (Phi) is 11.3. The molecule has 0 radical (unpaired) electrons. The molecule has 0 unspecified atom stereocenters. The van der Waals surface area contributed by atoms with Crippen molar-refractivity contribution in [3.05, 3.63) is 11.8 Å². The van der Waals surface area contributed by atoms with E-state index in [2.05, 4.69) is 5.32 Å². The fourth-order valence-corrected chi connectivity index (χ4v) is 5.70. The first kappa shape index (κ1) is 32.8. The van der Waals surface area contributed by atoms with Gasteiger partial charge in [-0.1, -0.05) is 6.92 Å². The van der Waals surface area contributed by atoms with Crippen LogP contribution in [0.2, 0.25) is 0 Å². The topological polar surface area (TPSA) is 273 Å². The molecule has 0 aromatic carbocycles. The summed E-state index contributed by atoms with van der Waals surface area (Å²) in [4.78, 5) is 0. The van der Waals surface area contributed by atoms with Gasteiger partial charge in [-0.15, -0.1) is 0 Å². The summed E-state index contributed by atoms with van der Waals surface area (Å²) in [6.07, 6.45) is -11.1. The van der Waals surface area contributed by atoms with Gasteiger partial charge in [0.25, 0.3) is 0 Å². The fraction of sp³-hybridized carbons (Fsp3) is 0.920. The smallest absolute Gasteiger partial charge is 0.215 e. The quantitative estimate of drug-likeness (QED) is 0.113. The van der Waals surface area contributed by atoms with Gasteiger partial charge in [0, 0.05) is 24.5 Å². The highest BCUT2D eigenvalue weighted by Crippen LogP contribution is 2.35. The lowest BCUT2D eigenvalue weighted by Crippen LogP contribution is -2.65. The Hall–Kier alpha value is -1.06. The van der Waals surface area contributed by atoms with Gasteiger partial charge < -0.3 is 82.2 Å². The lowest BCUT2D eigenvalue weighted by atomic mass is 9.84. The van der Waals surface area contributed by atoms with Crippen molar-refractivity contribution in [2.75, 3.05) is 26.7 Å². The number of rotatable bonds is 10. The predicted octanol–water partition coefficient (Wildman–Crippen LogP) is -5.14. The maximum atomic E-state index is 11.2. The van der Waals surface area contributed by atoms with Crippen LogP contribution in [0.4, 0.5) is 0 Å². The first-order chi connectivity index (χ1) is 19.5. The number of aliphatic hydroxyl groups is 5. The minimum absolute atomic E-state index is 0.0776. The van der Waals surface area contributed by atoms with Gasteiger partial charge in [-0.2, -0.15) is 0 Å². The number of hydrogen-bond acceptors (Lipinski definition) is 16. The maximum absolute atomic E-state index is 11.2. The minimum atomic E-state index is -1.47. The number of aliphatic hydroxyl groups excluding tert-OH is 5. The molecule has 1 aliphatic carbocycles. The first-order valence-electron chi connectivity index (χ1n) is 14.1. The van der Waals surface area contributed by atoms with Gasteiger partial charge in [-0.25, -0.2) is 0 Å². The summed E-state index contributed by atoms with van der Waals surface area (Å²) in [5.41, 5.74) is 24.4. The zero-order chi connectivity index (χ0) is 30.0. The Morgan fingerprint density at radius 2 is 1.49 bits per heavy atom. The van der Waals surface area contributed by atoms with Gasteiger partial charge in [0.05, 0.1) is 31.4 Å². The van der Waals surface area contributed by atoms with Gasteiger partial charge in [0.2, 0.25) is 6.29 Å². The van der Waals surface area contributed by atoms with Crippen molar-refractivity contribution in [3.63, 3.8) is 0 Å². The molecule has 0 amide bonds. The summed E-state index contributed by atoms with van der Waals surface area (Å²) in [5.74, 6) is -0.0536. The van der Waals surface area contributed by atoms with E-state index < -0.39 is 104 Å². The van der Waals surface area contributed by atoms with Crippen molar-refractivity contribution in [1.29, 1.82) is 0 Å². The van der Waals surface area contributed by atoms with Crippen LogP contribution in [-0.2, 0) is 28.4 Å². The van der Waals surface area contributed by atoms with Crippen molar-refractivity contribution in [2.24, 2.45) is 28.9 Å². The van der Waals surface area contributed by atoms with Crippen molar-refractivity contribution in [1.82, 2.24) is 5.32 Å². The molecule has 0 bridgehead atoms. The Balaban J connectivity index is 1.48. The molecule has 41 heavy (non-hydrogen) atoms. The molecule has 4 aliphatic rings. The molecule has 0 aromatic heterocycles. The van der Waals surface area contributed by atoms with E-state index in [-0.39, 0.29) is 13.0 Å². The van der Waals surface area contributed by atoms with Crippen molar-refractivity contribution in [3.8, 4) is 0 Å². The van der Waals surface area contributed by atoms with Crippen molar-refractivity contribution < 1.29 is 54.0 Å². The van der Waals surface area contributed by atoms with E-state index in [9.17, 15) is 25.5 Å². The second kappa shape index (κ2) is 14.1. The number of hydrogen-bond donors (Lipinski definition) is 10. The highest BCUT2D eigenvalue weighted by atomic mass is 16.8. The summed E-state index contributed by atoms with van der Waals surface area (Å²) >= 11 is 0. The molecule has 16 heteroatoms. The monoisotopic (exact) mass is 593 g/mol. The first-order valence-corrected chi connectivity index (χ1v) is 14.1. The number of nitrogens with two attached hydrogens (primary N) is 4. The molecule has 0 spiro atoms. The van der Waals surface area contributed by atoms with Gasteiger partial charge in [0.15, 0.2) is 12.6 Å². The number of ether oxygens (including phenoxy) is 6. The molecule has 3 aliphatic heterocycles. The molecule has 3 fully saturated rings.